The molecule has 3 aromatic heterocycles. The molecule has 0 aliphatic heterocycles. The molecular formula is C16H17ClN4O2S. The first-order valence-corrected chi connectivity index (χ1v) is 9.07. The fourth-order valence-corrected chi connectivity index (χ4v) is 3.41. The van der Waals surface area contributed by atoms with Crippen molar-refractivity contribution in [2.45, 2.75) is 37.6 Å². The number of aromatic nitrogens is 4. The summed E-state index contributed by atoms with van der Waals surface area (Å²) in [7, 11) is 0. The van der Waals surface area contributed by atoms with Crippen molar-refractivity contribution in [1.29, 1.82) is 0 Å². The molecule has 0 saturated carbocycles. The SMILES string of the molecule is Cc1cc(=O)n2nc([S+]([O-])C(C)C)cc2n1Cc1ccc(Cl)nc1. The van der Waals surface area contributed by atoms with Gasteiger partial charge in [-0.15, -0.1) is 5.10 Å². The summed E-state index contributed by atoms with van der Waals surface area (Å²) in [6.07, 6.45) is 1.69. The summed E-state index contributed by atoms with van der Waals surface area (Å²) in [5, 5.41) is 5.01. The van der Waals surface area contributed by atoms with Gasteiger partial charge in [0.2, 0.25) is 0 Å². The minimum Gasteiger partial charge on any atom is -0.610 e. The van der Waals surface area contributed by atoms with Crippen LogP contribution in [0.2, 0.25) is 5.15 Å². The average molecular weight is 365 g/mol. The summed E-state index contributed by atoms with van der Waals surface area (Å²) in [5.74, 6) is 0. The van der Waals surface area contributed by atoms with E-state index in [1.807, 2.05) is 31.4 Å². The minimum atomic E-state index is -1.25. The van der Waals surface area contributed by atoms with Crippen molar-refractivity contribution in [3.8, 4) is 0 Å². The van der Waals surface area contributed by atoms with E-state index in [-0.39, 0.29) is 10.8 Å². The van der Waals surface area contributed by atoms with E-state index in [1.54, 1.807) is 18.3 Å². The third-order valence-corrected chi connectivity index (χ3v) is 5.37. The van der Waals surface area contributed by atoms with E-state index in [0.717, 1.165) is 11.3 Å². The van der Waals surface area contributed by atoms with Gasteiger partial charge in [0.05, 0.1) is 12.6 Å². The molecule has 24 heavy (non-hydrogen) atoms. The smallest absolute Gasteiger partial charge is 0.274 e. The molecular weight excluding hydrogens is 348 g/mol. The average Bonchev–Trinajstić information content (AvgIpc) is 2.98. The highest BCUT2D eigenvalue weighted by Crippen LogP contribution is 2.18. The first-order valence-electron chi connectivity index (χ1n) is 7.48. The van der Waals surface area contributed by atoms with Crippen LogP contribution in [0.5, 0.6) is 0 Å². The Morgan fingerprint density at radius 2 is 2.08 bits per heavy atom. The van der Waals surface area contributed by atoms with Crippen LogP contribution in [0.4, 0.5) is 0 Å². The van der Waals surface area contributed by atoms with Crippen molar-refractivity contribution >= 4 is 28.4 Å². The highest BCUT2D eigenvalue weighted by molar-refractivity contribution is 7.91. The zero-order chi connectivity index (χ0) is 17.4. The van der Waals surface area contributed by atoms with Gasteiger partial charge in [0.1, 0.15) is 16.1 Å². The minimum absolute atomic E-state index is 0.0694. The van der Waals surface area contributed by atoms with Crippen LogP contribution in [-0.2, 0) is 17.7 Å². The topological polar surface area (TPSA) is 75.2 Å². The van der Waals surface area contributed by atoms with E-state index < -0.39 is 11.2 Å². The molecule has 0 bridgehead atoms. The number of hydrogen-bond acceptors (Lipinski definition) is 4. The second-order valence-electron chi connectivity index (χ2n) is 5.80. The Bertz CT molecular complexity index is 934. The molecule has 3 heterocycles. The lowest BCUT2D eigenvalue weighted by Crippen LogP contribution is -2.20. The molecule has 0 N–H and O–H groups in total. The van der Waals surface area contributed by atoms with Crippen LogP contribution in [0.3, 0.4) is 0 Å². The van der Waals surface area contributed by atoms with Crippen molar-refractivity contribution < 1.29 is 4.55 Å². The number of aryl methyl sites for hydroxylation is 1. The molecule has 6 nitrogen and oxygen atoms in total. The van der Waals surface area contributed by atoms with Crippen LogP contribution in [-0.4, -0.2) is 29.0 Å². The molecule has 0 aromatic carbocycles. The normalized spacial score (nSPS) is 12.9. The third-order valence-electron chi connectivity index (χ3n) is 3.68. The first-order chi connectivity index (χ1) is 11.4. The maximum atomic E-state index is 12.3. The fraction of sp³-hybridized carbons (Fsp3) is 0.312. The van der Waals surface area contributed by atoms with Gasteiger partial charge in [-0.2, -0.15) is 4.52 Å². The summed E-state index contributed by atoms with van der Waals surface area (Å²) in [4.78, 5) is 16.3. The molecule has 3 aromatic rings. The number of pyridine rings is 1. The lowest BCUT2D eigenvalue weighted by Gasteiger charge is -2.12. The first kappa shape index (κ1) is 17.0. The number of fused-ring (bicyclic) bond motifs is 1. The van der Waals surface area contributed by atoms with Gasteiger partial charge in [-0.1, -0.05) is 17.7 Å². The van der Waals surface area contributed by atoms with Crippen LogP contribution < -0.4 is 5.56 Å². The Balaban J connectivity index is 2.12. The maximum absolute atomic E-state index is 12.3. The Morgan fingerprint density at radius 1 is 1.33 bits per heavy atom. The Labute approximate surface area is 147 Å². The van der Waals surface area contributed by atoms with Crippen LogP contribution in [0.15, 0.2) is 40.3 Å². The van der Waals surface area contributed by atoms with Crippen LogP contribution in [0.1, 0.15) is 25.1 Å². The second-order valence-corrected chi connectivity index (χ2v) is 8.14. The van der Waals surface area contributed by atoms with Gasteiger partial charge in [0.25, 0.3) is 10.6 Å². The summed E-state index contributed by atoms with van der Waals surface area (Å²) < 4.78 is 15.6. The molecule has 8 heteroatoms. The predicted octanol–water partition coefficient (Wildman–Crippen LogP) is 2.42. The molecule has 1 atom stereocenters. The summed E-state index contributed by atoms with van der Waals surface area (Å²) in [6.45, 7) is 6.09. The van der Waals surface area contributed by atoms with Crippen LogP contribution >= 0.6 is 11.6 Å². The van der Waals surface area contributed by atoms with E-state index in [2.05, 4.69) is 10.1 Å². The quantitative estimate of drug-likeness (QED) is 0.526. The number of hydrogen-bond donors (Lipinski definition) is 0. The summed E-state index contributed by atoms with van der Waals surface area (Å²) >= 11 is 4.57. The van der Waals surface area contributed by atoms with E-state index in [4.69, 9.17) is 11.6 Å². The molecule has 0 aliphatic rings. The summed E-state index contributed by atoms with van der Waals surface area (Å²) in [5.41, 5.74) is 2.11. The van der Waals surface area contributed by atoms with Gasteiger partial charge in [0, 0.05) is 29.1 Å². The molecule has 0 aliphatic carbocycles. The Kier molecular flexibility index (Phi) is 4.67. The molecule has 3 rings (SSSR count). The predicted molar refractivity (Wildman–Crippen MR) is 94.1 cm³/mol. The molecule has 1 unspecified atom stereocenters. The number of halogens is 1. The molecule has 0 fully saturated rings. The number of rotatable bonds is 4. The standard InChI is InChI=1S/C16H17ClN4O2S/c1-10(2)24(23)14-7-15-20(9-12-4-5-13(17)18-8-12)11(3)6-16(22)21(15)19-14/h4-8,10H,9H2,1-3H3. The molecule has 126 valence electrons. The van der Waals surface area contributed by atoms with Crippen LogP contribution in [0.25, 0.3) is 5.65 Å². The van der Waals surface area contributed by atoms with Crippen molar-refractivity contribution in [1.82, 2.24) is 19.2 Å². The lowest BCUT2D eigenvalue weighted by molar-refractivity contribution is 0.581. The van der Waals surface area contributed by atoms with Crippen molar-refractivity contribution in [2.24, 2.45) is 0 Å². The van der Waals surface area contributed by atoms with E-state index in [1.165, 1.54) is 10.6 Å². The van der Waals surface area contributed by atoms with Gasteiger partial charge in [-0.25, -0.2) is 4.98 Å². The van der Waals surface area contributed by atoms with Crippen molar-refractivity contribution in [2.75, 3.05) is 0 Å². The Morgan fingerprint density at radius 3 is 2.71 bits per heavy atom. The van der Waals surface area contributed by atoms with Gasteiger partial charge >= 0.3 is 0 Å². The van der Waals surface area contributed by atoms with Crippen molar-refractivity contribution in [3.05, 3.63) is 57.2 Å². The van der Waals surface area contributed by atoms with E-state index in [0.29, 0.717) is 22.4 Å². The zero-order valence-electron chi connectivity index (χ0n) is 13.6. The lowest BCUT2D eigenvalue weighted by atomic mass is 10.2. The van der Waals surface area contributed by atoms with Crippen molar-refractivity contribution in [3.63, 3.8) is 0 Å². The largest absolute Gasteiger partial charge is 0.610 e. The fourth-order valence-electron chi connectivity index (χ4n) is 2.43. The zero-order valence-corrected chi connectivity index (χ0v) is 15.1. The monoisotopic (exact) mass is 364 g/mol. The molecule has 0 spiro atoms. The van der Waals surface area contributed by atoms with Gasteiger partial charge in [-0.3, -0.25) is 4.79 Å². The molecule has 0 radical (unpaired) electrons. The molecule has 0 amide bonds. The Hall–Kier alpha value is -1.83. The number of nitrogens with zero attached hydrogens (tertiary/aromatic N) is 4. The van der Waals surface area contributed by atoms with E-state index in [9.17, 15) is 9.35 Å². The van der Waals surface area contributed by atoms with Gasteiger partial charge in [-0.05, 0) is 32.4 Å². The molecule has 0 saturated heterocycles. The van der Waals surface area contributed by atoms with Gasteiger partial charge < -0.3 is 9.12 Å². The highest BCUT2D eigenvalue weighted by Gasteiger charge is 2.22. The highest BCUT2D eigenvalue weighted by atomic mass is 35.5. The van der Waals surface area contributed by atoms with Crippen LogP contribution in [0, 0.1) is 6.92 Å². The van der Waals surface area contributed by atoms with E-state index >= 15 is 0 Å². The maximum Gasteiger partial charge on any atom is 0.274 e. The second kappa shape index (κ2) is 6.58. The van der Waals surface area contributed by atoms with Gasteiger partial charge in [0.15, 0.2) is 0 Å². The third kappa shape index (κ3) is 3.19. The summed E-state index contributed by atoms with van der Waals surface area (Å²) in [6, 6.07) is 6.84.